The largest absolute Gasteiger partial charge is 0.351 e. The number of likely N-dealkylation sites (N-methyl/N-ethyl adjacent to an activating group) is 1. The number of halogens is 1. The predicted molar refractivity (Wildman–Crippen MR) is 80.9 cm³/mol. The molecule has 0 spiro atoms. The van der Waals surface area contributed by atoms with Gasteiger partial charge >= 0.3 is 0 Å². The summed E-state index contributed by atoms with van der Waals surface area (Å²) in [6, 6.07) is 7.74. The molecule has 1 amide bonds. The normalized spacial score (nSPS) is 10.0. The average molecular weight is 289 g/mol. The summed E-state index contributed by atoms with van der Waals surface area (Å²) in [5.41, 5.74) is 0.717. The number of hydrogen-bond donors (Lipinski definition) is 2. The maximum absolute atomic E-state index is 11.7. The van der Waals surface area contributed by atoms with Crippen molar-refractivity contribution in [3.63, 3.8) is 0 Å². The summed E-state index contributed by atoms with van der Waals surface area (Å²) in [6.45, 7) is 5.75. The number of carbonyl (C=O) groups excluding carboxylic acids is 1. The highest BCUT2D eigenvalue weighted by molar-refractivity contribution is 7.99. The van der Waals surface area contributed by atoms with Gasteiger partial charge in [-0.1, -0.05) is 13.8 Å². The Kier molecular flexibility index (Phi) is 8.89. The van der Waals surface area contributed by atoms with Crippen LogP contribution >= 0.6 is 24.2 Å². The van der Waals surface area contributed by atoms with Gasteiger partial charge in [0.1, 0.15) is 0 Å². The van der Waals surface area contributed by atoms with Gasteiger partial charge in [0.15, 0.2) is 0 Å². The number of carbonyl (C=O) groups is 1. The molecule has 0 aliphatic rings. The molecule has 0 bridgehead atoms. The summed E-state index contributed by atoms with van der Waals surface area (Å²) in [4.78, 5) is 12.9. The van der Waals surface area contributed by atoms with E-state index in [0.717, 1.165) is 6.54 Å². The monoisotopic (exact) mass is 288 g/mol. The van der Waals surface area contributed by atoms with Crippen molar-refractivity contribution in [2.24, 2.45) is 0 Å². The summed E-state index contributed by atoms with van der Waals surface area (Å²) in [5.74, 6) is -0.0126. The highest BCUT2D eigenvalue weighted by Crippen LogP contribution is 2.22. The Hall–Kier alpha value is -0.710. The number of hydrogen-bond acceptors (Lipinski definition) is 3. The highest BCUT2D eigenvalue weighted by Gasteiger charge is 2.05. The first-order valence-corrected chi connectivity index (χ1v) is 6.71. The minimum atomic E-state index is -0.0126. The first-order chi connectivity index (χ1) is 8.13. The first-order valence-electron chi connectivity index (χ1n) is 5.83. The van der Waals surface area contributed by atoms with Crippen LogP contribution in [0.15, 0.2) is 29.2 Å². The number of thioether (sulfide) groups is 1. The van der Waals surface area contributed by atoms with Gasteiger partial charge in [-0.15, -0.1) is 24.2 Å². The molecule has 1 rings (SSSR count). The van der Waals surface area contributed by atoms with Gasteiger partial charge in [0.25, 0.3) is 5.91 Å². The van der Waals surface area contributed by atoms with E-state index in [1.165, 1.54) is 4.90 Å². The van der Waals surface area contributed by atoms with Crippen LogP contribution in [0.25, 0.3) is 0 Å². The van der Waals surface area contributed by atoms with Crippen molar-refractivity contribution in [2.75, 3.05) is 20.1 Å². The molecular formula is C13H21ClN2OS. The maximum atomic E-state index is 11.7. The van der Waals surface area contributed by atoms with Gasteiger partial charge in [-0.05, 0) is 31.3 Å². The van der Waals surface area contributed by atoms with Crippen LogP contribution in [0.3, 0.4) is 0 Å². The summed E-state index contributed by atoms with van der Waals surface area (Å²) in [6.07, 6.45) is 0. The molecule has 0 radical (unpaired) electrons. The Morgan fingerprint density at radius 3 is 2.33 bits per heavy atom. The average Bonchev–Trinajstić information content (AvgIpc) is 2.29. The van der Waals surface area contributed by atoms with E-state index >= 15 is 0 Å². The van der Waals surface area contributed by atoms with Crippen molar-refractivity contribution in [3.05, 3.63) is 29.8 Å². The lowest BCUT2D eigenvalue weighted by molar-refractivity contribution is 0.0954. The van der Waals surface area contributed by atoms with E-state index in [1.807, 2.05) is 31.3 Å². The second-order valence-corrected chi connectivity index (χ2v) is 5.70. The van der Waals surface area contributed by atoms with Crippen LogP contribution in [0, 0.1) is 0 Å². The Labute approximate surface area is 120 Å². The zero-order chi connectivity index (χ0) is 12.7. The molecular weight excluding hydrogens is 268 g/mol. The second-order valence-electron chi connectivity index (χ2n) is 4.05. The Morgan fingerprint density at radius 1 is 1.22 bits per heavy atom. The van der Waals surface area contributed by atoms with Crippen LogP contribution in [-0.2, 0) is 0 Å². The topological polar surface area (TPSA) is 41.1 Å². The van der Waals surface area contributed by atoms with Gasteiger partial charge in [-0.3, -0.25) is 4.79 Å². The Bertz CT molecular complexity index is 355. The fraction of sp³-hybridized carbons (Fsp3) is 0.462. The van der Waals surface area contributed by atoms with Gasteiger partial charge in [0.2, 0.25) is 0 Å². The van der Waals surface area contributed by atoms with Gasteiger partial charge in [-0.2, -0.15) is 0 Å². The van der Waals surface area contributed by atoms with E-state index in [9.17, 15) is 4.79 Å². The van der Waals surface area contributed by atoms with E-state index in [0.29, 0.717) is 17.4 Å². The van der Waals surface area contributed by atoms with Crippen LogP contribution in [0.4, 0.5) is 0 Å². The molecule has 0 aliphatic carbocycles. The number of rotatable bonds is 6. The summed E-state index contributed by atoms with van der Waals surface area (Å²) < 4.78 is 0. The third kappa shape index (κ3) is 6.28. The van der Waals surface area contributed by atoms with E-state index in [2.05, 4.69) is 24.5 Å². The second kappa shape index (κ2) is 9.25. The van der Waals surface area contributed by atoms with Crippen molar-refractivity contribution >= 4 is 30.1 Å². The molecule has 1 aromatic carbocycles. The fourth-order valence-corrected chi connectivity index (χ4v) is 2.20. The molecule has 0 fully saturated rings. The van der Waals surface area contributed by atoms with Crippen LogP contribution in [0.5, 0.6) is 0 Å². The molecule has 0 unspecified atom stereocenters. The maximum Gasteiger partial charge on any atom is 0.251 e. The lowest BCUT2D eigenvalue weighted by Gasteiger charge is -2.07. The van der Waals surface area contributed by atoms with Crippen molar-refractivity contribution in [1.82, 2.24) is 10.6 Å². The zero-order valence-corrected chi connectivity index (χ0v) is 12.7. The first kappa shape index (κ1) is 17.3. The van der Waals surface area contributed by atoms with Gasteiger partial charge < -0.3 is 10.6 Å². The van der Waals surface area contributed by atoms with Crippen molar-refractivity contribution in [3.8, 4) is 0 Å². The third-order valence-electron chi connectivity index (χ3n) is 2.15. The standard InChI is InChI=1S/C13H20N2OS.ClH/c1-10(2)17-12-6-4-11(5-7-12)13(16)15-9-8-14-3;/h4-7,10,14H,8-9H2,1-3H3,(H,15,16);1H. The van der Waals surface area contributed by atoms with E-state index in [1.54, 1.807) is 11.8 Å². The van der Waals surface area contributed by atoms with E-state index in [-0.39, 0.29) is 18.3 Å². The molecule has 1 aromatic rings. The van der Waals surface area contributed by atoms with Crippen molar-refractivity contribution in [2.45, 2.75) is 24.0 Å². The van der Waals surface area contributed by atoms with Crippen molar-refractivity contribution in [1.29, 1.82) is 0 Å². The van der Waals surface area contributed by atoms with Crippen LogP contribution in [0.1, 0.15) is 24.2 Å². The SMILES string of the molecule is CNCCNC(=O)c1ccc(SC(C)C)cc1.Cl. The molecule has 5 heteroatoms. The Balaban J connectivity index is 0.00000289. The quantitative estimate of drug-likeness (QED) is 0.624. The van der Waals surface area contributed by atoms with E-state index < -0.39 is 0 Å². The Morgan fingerprint density at radius 2 is 1.83 bits per heavy atom. The molecule has 18 heavy (non-hydrogen) atoms. The van der Waals surface area contributed by atoms with Crippen LogP contribution in [-0.4, -0.2) is 31.3 Å². The summed E-state index contributed by atoms with van der Waals surface area (Å²) >= 11 is 1.80. The highest BCUT2D eigenvalue weighted by atomic mass is 35.5. The lowest BCUT2D eigenvalue weighted by atomic mass is 10.2. The molecule has 0 aromatic heterocycles. The minimum absolute atomic E-state index is 0. The summed E-state index contributed by atoms with van der Waals surface area (Å²) in [5, 5.41) is 6.40. The molecule has 0 atom stereocenters. The van der Waals surface area contributed by atoms with Crippen molar-refractivity contribution < 1.29 is 4.79 Å². The molecule has 102 valence electrons. The third-order valence-corrected chi connectivity index (χ3v) is 3.16. The zero-order valence-electron chi connectivity index (χ0n) is 11.0. The number of benzene rings is 1. The van der Waals surface area contributed by atoms with Gasteiger partial charge in [0.05, 0.1) is 0 Å². The minimum Gasteiger partial charge on any atom is -0.351 e. The fourth-order valence-electron chi connectivity index (χ4n) is 1.36. The molecule has 0 aliphatic heterocycles. The molecule has 0 saturated carbocycles. The van der Waals surface area contributed by atoms with Crippen LogP contribution < -0.4 is 10.6 Å². The summed E-state index contributed by atoms with van der Waals surface area (Å²) in [7, 11) is 1.87. The molecule has 0 saturated heterocycles. The van der Waals surface area contributed by atoms with Gasteiger partial charge in [0, 0.05) is 28.8 Å². The number of amides is 1. The smallest absolute Gasteiger partial charge is 0.251 e. The molecule has 2 N–H and O–H groups in total. The molecule has 0 heterocycles. The van der Waals surface area contributed by atoms with Crippen LogP contribution in [0.2, 0.25) is 0 Å². The predicted octanol–water partition coefficient (Wildman–Crippen LogP) is 2.56. The lowest BCUT2D eigenvalue weighted by Crippen LogP contribution is -2.30. The molecule has 3 nitrogen and oxygen atoms in total. The van der Waals surface area contributed by atoms with E-state index in [4.69, 9.17) is 0 Å². The van der Waals surface area contributed by atoms with Gasteiger partial charge in [-0.25, -0.2) is 0 Å². The number of nitrogens with one attached hydrogen (secondary N) is 2.